The Labute approximate surface area is 73.7 Å². The van der Waals surface area contributed by atoms with Gasteiger partial charge < -0.3 is 11.1 Å². The molecule has 0 aliphatic carbocycles. The number of nitrogens with two attached hydrogens (primary N) is 1. The van der Waals surface area contributed by atoms with Crippen LogP contribution in [-0.2, 0) is 4.79 Å². The van der Waals surface area contributed by atoms with Crippen molar-refractivity contribution in [3.8, 4) is 0 Å². The van der Waals surface area contributed by atoms with E-state index < -0.39 is 0 Å². The smallest absolute Gasteiger partial charge is 0.222 e. The lowest BCUT2D eigenvalue weighted by molar-refractivity contribution is -0.123. The number of rotatable bonds is 1. The van der Waals surface area contributed by atoms with Crippen LogP contribution in [0.4, 0.5) is 0 Å². The van der Waals surface area contributed by atoms with Crippen LogP contribution in [-0.4, -0.2) is 17.0 Å². The highest BCUT2D eigenvalue weighted by Gasteiger charge is 2.46. The van der Waals surface area contributed by atoms with E-state index in [2.05, 4.69) is 19.2 Å². The van der Waals surface area contributed by atoms with Crippen LogP contribution in [0.2, 0.25) is 0 Å². The number of primary amides is 1. The Morgan fingerprint density at radius 2 is 1.92 bits per heavy atom. The van der Waals surface area contributed by atoms with Crippen LogP contribution in [0, 0.1) is 5.92 Å². The van der Waals surface area contributed by atoms with Gasteiger partial charge in [-0.3, -0.25) is 4.79 Å². The Balaban J connectivity index is 2.85. The second kappa shape index (κ2) is 2.46. The first-order valence-corrected chi connectivity index (χ1v) is 4.33. The molecular weight excluding hydrogens is 152 g/mol. The summed E-state index contributed by atoms with van der Waals surface area (Å²) in [6.45, 7) is 8.24. The molecule has 1 amide bonds. The summed E-state index contributed by atoms with van der Waals surface area (Å²) >= 11 is 0. The number of amides is 1. The molecule has 0 radical (unpaired) electrons. The van der Waals surface area contributed by atoms with Gasteiger partial charge in [0, 0.05) is 11.1 Å². The summed E-state index contributed by atoms with van der Waals surface area (Å²) in [5, 5.41) is 3.40. The summed E-state index contributed by atoms with van der Waals surface area (Å²) < 4.78 is 0. The first-order valence-electron chi connectivity index (χ1n) is 4.33. The highest BCUT2D eigenvalue weighted by Crippen LogP contribution is 2.35. The molecule has 3 heteroatoms. The SMILES string of the molecule is CC1(C)C[C@@H](C(N)=O)C(C)(C)N1. The van der Waals surface area contributed by atoms with Crippen molar-refractivity contribution in [1.29, 1.82) is 0 Å². The molecule has 0 spiro atoms. The van der Waals surface area contributed by atoms with E-state index in [0.717, 1.165) is 6.42 Å². The van der Waals surface area contributed by atoms with E-state index in [1.165, 1.54) is 0 Å². The van der Waals surface area contributed by atoms with E-state index in [1.54, 1.807) is 0 Å². The van der Waals surface area contributed by atoms with Crippen molar-refractivity contribution in [2.45, 2.75) is 45.2 Å². The van der Waals surface area contributed by atoms with Gasteiger partial charge in [-0.15, -0.1) is 0 Å². The monoisotopic (exact) mass is 170 g/mol. The molecule has 1 heterocycles. The van der Waals surface area contributed by atoms with Crippen molar-refractivity contribution in [2.75, 3.05) is 0 Å². The van der Waals surface area contributed by atoms with Crippen molar-refractivity contribution >= 4 is 5.91 Å². The molecule has 1 rings (SSSR count). The lowest BCUT2D eigenvalue weighted by Crippen LogP contribution is -2.47. The summed E-state index contributed by atoms with van der Waals surface area (Å²) in [5.74, 6) is -0.245. The number of carbonyl (C=O) groups excluding carboxylic acids is 1. The summed E-state index contributed by atoms with van der Waals surface area (Å²) in [7, 11) is 0. The molecule has 0 aromatic rings. The normalized spacial score (nSPS) is 31.8. The third-order valence-corrected chi connectivity index (χ3v) is 2.59. The zero-order valence-electron chi connectivity index (χ0n) is 8.27. The van der Waals surface area contributed by atoms with Gasteiger partial charge in [0.05, 0.1) is 5.92 Å². The van der Waals surface area contributed by atoms with Crippen molar-refractivity contribution in [1.82, 2.24) is 5.32 Å². The molecule has 0 saturated carbocycles. The summed E-state index contributed by atoms with van der Waals surface area (Å²) in [5.41, 5.74) is 5.19. The molecule has 1 aliphatic rings. The van der Waals surface area contributed by atoms with E-state index in [4.69, 9.17) is 5.73 Å². The molecule has 3 N–H and O–H groups in total. The van der Waals surface area contributed by atoms with Gasteiger partial charge in [0.1, 0.15) is 0 Å². The minimum atomic E-state index is -0.196. The van der Waals surface area contributed by atoms with Gasteiger partial charge in [-0.1, -0.05) is 0 Å². The van der Waals surface area contributed by atoms with E-state index in [-0.39, 0.29) is 22.9 Å². The van der Waals surface area contributed by atoms with Crippen LogP contribution in [0.1, 0.15) is 34.1 Å². The minimum absolute atomic E-state index is 0.0309. The maximum absolute atomic E-state index is 11.1. The third-order valence-electron chi connectivity index (χ3n) is 2.59. The third kappa shape index (κ3) is 1.61. The fourth-order valence-electron chi connectivity index (χ4n) is 2.23. The molecule has 0 aromatic carbocycles. The average Bonchev–Trinajstić information content (AvgIpc) is 1.99. The first kappa shape index (κ1) is 9.52. The largest absolute Gasteiger partial charge is 0.369 e. The predicted octanol–water partition coefficient (Wildman–Crippen LogP) is 0.638. The Hall–Kier alpha value is -0.570. The number of hydrogen-bond acceptors (Lipinski definition) is 2. The Morgan fingerprint density at radius 1 is 1.42 bits per heavy atom. The fraction of sp³-hybridized carbons (Fsp3) is 0.889. The maximum Gasteiger partial charge on any atom is 0.222 e. The first-order chi connectivity index (χ1) is 5.25. The summed E-state index contributed by atoms with van der Waals surface area (Å²) in [6.07, 6.45) is 0.829. The molecule has 0 unspecified atom stereocenters. The molecule has 1 atom stereocenters. The predicted molar refractivity (Wildman–Crippen MR) is 48.6 cm³/mol. The zero-order chi connectivity index (χ0) is 9.57. The van der Waals surface area contributed by atoms with Gasteiger partial charge in [0.15, 0.2) is 0 Å². The average molecular weight is 170 g/mol. The molecule has 1 saturated heterocycles. The molecule has 1 aliphatic heterocycles. The fourth-order valence-corrected chi connectivity index (χ4v) is 2.23. The lowest BCUT2D eigenvalue weighted by atomic mass is 9.87. The molecule has 0 bridgehead atoms. The number of nitrogens with one attached hydrogen (secondary N) is 1. The quantitative estimate of drug-likeness (QED) is 0.606. The number of carbonyl (C=O) groups is 1. The van der Waals surface area contributed by atoms with Gasteiger partial charge in [-0.25, -0.2) is 0 Å². The molecule has 0 aromatic heterocycles. The summed E-state index contributed by atoms with van der Waals surface area (Å²) in [4.78, 5) is 11.1. The molecule has 3 nitrogen and oxygen atoms in total. The van der Waals surface area contributed by atoms with Crippen LogP contribution in [0.5, 0.6) is 0 Å². The highest BCUT2D eigenvalue weighted by atomic mass is 16.1. The van der Waals surface area contributed by atoms with Gasteiger partial charge in [-0.2, -0.15) is 0 Å². The van der Waals surface area contributed by atoms with Crippen LogP contribution >= 0.6 is 0 Å². The van der Waals surface area contributed by atoms with Crippen LogP contribution in [0.15, 0.2) is 0 Å². The molecule has 70 valence electrons. The van der Waals surface area contributed by atoms with Crippen molar-refractivity contribution in [3.63, 3.8) is 0 Å². The van der Waals surface area contributed by atoms with E-state index in [0.29, 0.717) is 0 Å². The van der Waals surface area contributed by atoms with E-state index in [1.807, 2.05) is 13.8 Å². The van der Waals surface area contributed by atoms with E-state index in [9.17, 15) is 4.79 Å². The van der Waals surface area contributed by atoms with Gasteiger partial charge in [-0.05, 0) is 34.1 Å². The van der Waals surface area contributed by atoms with Crippen molar-refractivity contribution in [3.05, 3.63) is 0 Å². The van der Waals surface area contributed by atoms with Crippen molar-refractivity contribution < 1.29 is 4.79 Å². The zero-order valence-corrected chi connectivity index (χ0v) is 8.27. The van der Waals surface area contributed by atoms with Gasteiger partial charge >= 0.3 is 0 Å². The standard InChI is InChI=1S/C9H18N2O/c1-8(2)5-6(7(10)12)9(3,4)11-8/h6,11H,5H2,1-4H3,(H2,10,12)/t6-/m0/s1. The van der Waals surface area contributed by atoms with Crippen LogP contribution < -0.4 is 11.1 Å². The highest BCUT2D eigenvalue weighted by molar-refractivity contribution is 5.78. The van der Waals surface area contributed by atoms with Crippen LogP contribution in [0.3, 0.4) is 0 Å². The molecular formula is C9H18N2O. The second-order valence-corrected chi connectivity index (χ2v) is 4.89. The van der Waals surface area contributed by atoms with E-state index >= 15 is 0 Å². The van der Waals surface area contributed by atoms with Gasteiger partial charge in [0.25, 0.3) is 0 Å². The second-order valence-electron chi connectivity index (χ2n) is 4.89. The Bertz CT molecular complexity index is 209. The summed E-state index contributed by atoms with van der Waals surface area (Å²) in [6, 6.07) is 0. The Kier molecular flexibility index (Phi) is 1.95. The lowest BCUT2D eigenvalue weighted by Gasteiger charge is -2.26. The maximum atomic E-state index is 11.1. The molecule has 1 fully saturated rings. The molecule has 12 heavy (non-hydrogen) atoms. The minimum Gasteiger partial charge on any atom is -0.369 e. The van der Waals surface area contributed by atoms with Gasteiger partial charge in [0.2, 0.25) is 5.91 Å². The van der Waals surface area contributed by atoms with Crippen LogP contribution in [0.25, 0.3) is 0 Å². The topological polar surface area (TPSA) is 55.1 Å². The number of hydrogen-bond donors (Lipinski definition) is 2. The Morgan fingerprint density at radius 3 is 2.08 bits per heavy atom. The van der Waals surface area contributed by atoms with Crippen molar-refractivity contribution in [2.24, 2.45) is 11.7 Å².